The van der Waals surface area contributed by atoms with Gasteiger partial charge < -0.3 is 24.1 Å². The summed E-state index contributed by atoms with van der Waals surface area (Å²) in [5, 5.41) is 12.4. The lowest BCUT2D eigenvalue weighted by Gasteiger charge is -2.63. The van der Waals surface area contributed by atoms with Crippen LogP contribution in [0.25, 0.3) is 0 Å². The van der Waals surface area contributed by atoms with E-state index in [2.05, 4.69) is 0 Å². The zero-order chi connectivity index (χ0) is 26.0. The quantitative estimate of drug-likeness (QED) is 0.483. The van der Waals surface area contributed by atoms with Gasteiger partial charge in [0.2, 0.25) is 5.79 Å². The largest absolute Gasteiger partial charge is 0.458 e. The molecule has 9 heteroatoms. The fraction of sp³-hybridized carbons (Fsp3) is 0.714. The molecular weight excluding hydrogens is 480 g/mol. The second-order valence-electron chi connectivity index (χ2n) is 13.0. The lowest BCUT2D eigenvalue weighted by molar-refractivity contribution is -0.373. The number of esters is 2. The van der Waals surface area contributed by atoms with Crippen molar-refractivity contribution >= 4 is 23.5 Å². The molecule has 5 bridgehead atoms. The molecule has 196 valence electrons. The molecule has 2 spiro atoms. The van der Waals surface area contributed by atoms with Gasteiger partial charge in [0.05, 0.1) is 23.9 Å². The molecule has 1 N–H and O–H groups in total. The summed E-state index contributed by atoms with van der Waals surface area (Å²) in [5.74, 6) is -6.26. The highest BCUT2D eigenvalue weighted by atomic mass is 16.8. The van der Waals surface area contributed by atoms with Crippen molar-refractivity contribution in [3.63, 3.8) is 0 Å². The lowest BCUT2D eigenvalue weighted by atomic mass is 9.46. The molecular formula is C28H30O9. The minimum absolute atomic E-state index is 0.0254. The number of allylic oxidation sites excluding steroid dienone is 4. The Balaban J connectivity index is 1.44. The van der Waals surface area contributed by atoms with Gasteiger partial charge in [0.1, 0.15) is 11.9 Å². The topological polar surface area (TPSA) is 125 Å². The third-order valence-corrected chi connectivity index (χ3v) is 11.9. The summed E-state index contributed by atoms with van der Waals surface area (Å²) in [5.41, 5.74) is -6.52. The number of aliphatic hydroxyl groups is 1. The number of carbonyl (C=O) groups is 4. The molecule has 6 fully saturated rings. The molecule has 37 heavy (non-hydrogen) atoms. The Hall–Kier alpha value is -2.36. The molecule has 8 rings (SSSR count). The third-order valence-electron chi connectivity index (χ3n) is 11.9. The first-order valence-corrected chi connectivity index (χ1v) is 13.4. The maximum absolute atomic E-state index is 14.8. The van der Waals surface area contributed by atoms with Crippen LogP contribution < -0.4 is 0 Å². The van der Waals surface area contributed by atoms with Crippen LogP contribution in [0.3, 0.4) is 0 Å². The summed E-state index contributed by atoms with van der Waals surface area (Å²) in [6, 6.07) is 0. The summed E-state index contributed by atoms with van der Waals surface area (Å²) >= 11 is 0. The average Bonchev–Trinajstić information content (AvgIpc) is 3.16. The smallest absolute Gasteiger partial charge is 0.342 e. The van der Waals surface area contributed by atoms with E-state index in [0.717, 1.165) is 5.57 Å². The van der Waals surface area contributed by atoms with Crippen molar-refractivity contribution in [1.82, 2.24) is 0 Å². The first-order chi connectivity index (χ1) is 17.4. The Kier molecular flexibility index (Phi) is 3.73. The van der Waals surface area contributed by atoms with E-state index in [0.29, 0.717) is 19.3 Å². The summed E-state index contributed by atoms with van der Waals surface area (Å²) in [4.78, 5) is 55.3. The van der Waals surface area contributed by atoms with E-state index in [1.807, 2.05) is 32.1 Å². The molecule has 0 aromatic rings. The number of hydrogen-bond acceptors (Lipinski definition) is 9. The van der Waals surface area contributed by atoms with Gasteiger partial charge in [-0.2, -0.15) is 0 Å². The Labute approximate surface area is 213 Å². The van der Waals surface area contributed by atoms with Crippen LogP contribution in [0, 0.1) is 34.5 Å². The zero-order valence-corrected chi connectivity index (χ0v) is 21.1. The Morgan fingerprint density at radius 1 is 1.08 bits per heavy atom. The van der Waals surface area contributed by atoms with E-state index in [1.54, 1.807) is 6.92 Å². The second-order valence-corrected chi connectivity index (χ2v) is 13.0. The molecule has 1 saturated carbocycles. The van der Waals surface area contributed by atoms with Crippen LogP contribution in [0.5, 0.6) is 0 Å². The SMILES string of the molecule is C[C@]12C(=O)CC=CC1=CC[C@@H]1[C@@H]2CC[C@]2(O)C(=O)O[C@@]3(C)[C@H]4C[C@]5(C)[C@@H](CO[C@@]16O[C@@]32[C@H]5C6=O)C(=O)O4. The predicted octanol–water partition coefficient (Wildman–Crippen LogP) is 1.56. The maximum atomic E-state index is 14.8. The van der Waals surface area contributed by atoms with Gasteiger partial charge >= 0.3 is 11.9 Å². The van der Waals surface area contributed by atoms with Gasteiger partial charge in [-0.25, -0.2) is 4.79 Å². The van der Waals surface area contributed by atoms with Crippen LogP contribution >= 0.6 is 0 Å². The molecule has 0 radical (unpaired) electrons. The van der Waals surface area contributed by atoms with Gasteiger partial charge in [-0.15, -0.1) is 0 Å². The normalized spacial score (nSPS) is 58.5. The molecule has 3 aliphatic carbocycles. The number of fused-ring (bicyclic) bond motifs is 5. The predicted molar refractivity (Wildman–Crippen MR) is 122 cm³/mol. The maximum Gasteiger partial charge on any atom is 0.342 e. The second kappa shape index (κ2) is 6.10. The molecule has 9 nitrogen and oxygen atoms in total. The summed E-state index contributed by atoms with van der Waals surface area (Å²) in [7, 11) is 0. The highest BCUT2D eigenvalue weighted by Gasteiger charge is 2.93. The Bertz CT molecular complexity index is 1300. The van der Waals surface area contributed by atoms with Crippen molar-refractivity contribution in [2.24, 2.45) is 34.5 Å². The summed E-state index contributed by atoms with van der Waals surface area (Å²) in [6.45, 7) is 5.29. The molecule has 8 aliphatic rings. The molecule has 0 aromatic heterocycles. The van der Waals surface area contributed by atoms with Gasteiger partial charge in [0.15, 0.2) is 22.6 Å². The van der Waals surface area contributed by atoms with Crippen LogP contribution in [0.1, 0.15) is 52.9 Å². The molecule has 11 atom stereocenters. The number of Topliss-reactive ketones (excluding diaryl/α,β-unsaturated/α-hetero) is 2. The first-order valence-electron chi connectivity index (χ1n) is 13.4. The summed E-state index contributed by atoms with van der Waals surface area (Å²) in [6.07, 6.45) is 6.20. The highest BCUT2D eigenvalue weighted by Crippen LogP contribution is 2.75. The van der Waals surface area contributed by atoms with E-state index in [9.17, 15) is 24.3 Å². The number of hydrogen-bond donors (Lipinski definition) is 1. The number of carbonyl (C=O) groups excluding carboxylic acids is 4. The van der Waals surface area contributed by atoms with Crippen LogP contribution in [-0.4, -0.2) is 63.9 Å². The minimum Gasteiger partial charge on any atom is -0.458 e. The number of rotatable bonds is 0. The van der Waals surface area contributed by atoms with Crippen LogP contribution in [0.15, 0.2) is 23.8 Å². The molecule has 5 saturated heterocycles. The molecule has 0 amide bonds. The fourth-order valence-electron chi connectivity index (χ4n) is 9.98. The molecule has 0 unspecified atom stereocenters. The fourth-order valence-corrected chi connectivity index (χ4v) is 9.98. The monoisotopic (exact) mass is 510 g/mol. The van der Waals surface area contributed by atoms with Gasteiger partial charge in [0.25, 0.3) is 0 Å². The number of ether oxygens (including phenoxy) is 4. The van der Waals surface area contributed by atoms with Gasteiger partial charge in [-0.05, 0) is 56.4 Å². The number of ketones is 2. The van der Waals surface area contributed by atoms with Crippen molar-refractivity contribution < 1.29 is 43.2 Å². The molecule has 0 aromatic carbocycles. The lowest BCUT2D eigenvalue weighted by Crippen LogP contribution is -2.79. The Morgan fingerprint density at radius 3 is 2.65 bits per heavy atom. The average molecular weight is 511 g/mol. The first kappa shape index (κ1) is 22.6. The van der Waals surface area contributed by atoms with Gasteiger partial charge in [0, 0.05) is 12.3 Å². The zero-order valence-electron chi connectivity index (χ0n) is 21.1. The Morgan fingerprint density at radius 2 is 1.86 bits per heavy atom. The van der Waals surface area contributed by atoms with Crippen molar-refractivity contribution in [2.75, 3.05) is 6.61 Å². The third kappa shape index (κ3) is 1.97. The van der Waals surface area contributed by atoms with E-state index < -0.39 is 75.1 Å². The van der Waals surface area contributed by atoms with Crippen LogP contribution in [0.4, 0.5) is 0 Å². The van der Waals surface area contributed by atoms with Crippen molar-refractivity contribution in [1.29, 1.82) is 0 Å². The van der Waals surface area contributed by atoms with E-state index in [1.165, 1.54) is 0 Å². The standard InChI is InChI=1S/C28H30O9/c1-23-11-18-25(3)28-19(23)20(30)27(37-28,34-12-16(23)21(31)35-18)15-8-7-13-5-4-6-17(29)24(13,2)14(15)9-10-26(28,33)22(32)36-25/h4-5,7,14-16,18-19,33H,6,8-12H2,1-3H3/t14-,15+,16-,18+,19-,23+,24-,25-,26-,27+,28-/m0/s1. The van der Waals surface area contributed by atoms with Gasteiger partial charge in [-0.1, -0.05) is 25.2 Å². The van der Waals surface area contributed by atoms with Gasteiger partial charge in [-0.3, -0.25) is 14.4 Å². The van der Waals surface area contributed by atoms with Crippen molar-refractivity contribution in [3.8, 4) is 0 Å². The highest BCUT2D eigenvalue weighted by molar-refractivity contribution is 5.99. The van der Waals surface area contributed by atoms with Crippen LogP contribution in [0.2, 0.25) is 0 Å². The van der Waals surface area contributed by atoms with E-state index >= 15 is 0 Å². The minimum atomic E-state index is -2.17. The van der Waals surface area contributed by atoms with Crippen molar-refractivity contribution in [3.05, 3.63) is 23.8 Å². The molecule has 5 aliphatic heterocycles. The van der Waals surface area contributed by atoms with E-state index in [-0.39, 0.29) is 31.0 Å². The van der Waals surface area contributed by atoms with E-state index in [4.69, 9.17) is 18.9 Å². The molecule has 5 heterocycles. The van der Waals surface area contributed by atoms with Crippen molar-refractivity contribution in [2.45, 2.75) is 81.6 Å². The summed E-state index contributed by atoms with van der Waals surface area (Å²) < 4.78 is 25.1. The van der Waals surface area contributed by atoms with Crippen LogP contribution in [-0.2, 0) is 38.1 Å².